The monoisotopic (exact) mass is 446 g/mol. The third-order valence-electron chi connectivity index (χ3n) is 6.79. The highest BCUT2D eigenvalue weighted by atomic mass is 16.5. The minimum atomic E-state index is -0.220. The fourth-order valence-corrected chi connectivity index (χ4v) is 4.89. The van der Waals surface area contributed by atoms with Crippen LogP contribution in [0.5, 0.6) is 5.88 Å². The number of pyridine rings is 3. The first-order chi connectivity index (χ1) is 16.1. The van der Waals surface area contributed by atoms with Crippen LogP contribution in [-0.4, -0.2) is 65.1 Å². The van der Waals surface area contributed by atoms with Crippen molar-refractivity contribution in [2.24, 2.45) is 0 Å². The molecule has 5 heterocycles. The van der Waals surface area contributed by atoms with Gasteiger partial charge in [0.1, 0.15) is 18.0 Å². The van der Waals surface area contributed by atoms with Crippen molar-refractivity contribution < 1.29 is 9.53 Å². The van der Waals surface area contributed by atoms with Crippen LogP contribution in [0.4, 0.5) is 5.69 Å². The number of anilines is 1. The normalized spacial score (nSPS) is 20.2. The van der Waals surface area contributed by atoms with Gasteiger partial charge in [0.15, 0.2) is 0 Å². The van der Waals surface area contributed by atoms with Gasteiger partial charge in [0.05, 0.1) is 17.1 Å². The second-order valence-corrected chi connectivity index (χ2v) is 9.10. The first kappa shape index (κ1) is 20.2. The molecule has 9 nitrogen and oxygen atoms in total. The molecule has 1 aliphatic carbocycles. The topological polar surface area (TPSA) is 103 Å². The number of amides is 1. The molecular formula is C24H26N6O3. The van der Waals surface area contributed by atoms with E-state index >= 15 is 0 Å². The maximum Gasteiger partial charge on any atom is 0.269 e. The van der Waals surface area contributed by atoms with Crippen LogP contribution in [0.25, 0.3) is 11.0 Å². The van der Waals surface area contributed by atoms with Gasteiger partial charge < -0.3 is 19.9 Å². The van der Waals surface area contributed by atoms with Crippen LogP contribution in [-0.2, 0) is 6.54 Å². The zero-order valence-corrected chi connectivity index (χ0v) is 18.5. The number of hydrogen-bond donors (Lipinski definition) is 2. The first-order valence-corrected chi connectivity index (χ1v) is 11.5. The summed E-state index contributed by atoms with van der Waals surface area (Å²) < 4.78 is 5.92. The van der Waals surface area contributed by atoms with Gasteiger partial charge >= 0.3 is 0 Å². The molecule has 0 bridgehead atoms. The van der Waals surface area contributed by atoms with Crippen LogP contribution < -0.4 is 20.5 Å². The number of H-pyrrole nitrogens is 1. The van der Waals surface area contributed by atoms with Crippen LogP contribution in [0.15, 0.2) is 35.3 Å². The van der Waals surface area contributed by atoms with Gasteiger partial charge in [0.2, 0.25) is 5.88 Å². The summed E-state index contributed by atoms with van der Waals surface area (Å²) in [7, 11) is 1.59. The fraction of sp³-hybridized carbons (Fsp3) is 0.417. The highest BCUT2D eigenvalue weighted by molar-refractivity contribution is 5.92. The lowest BCUT2D eigenvalue weighted by Gasteiger charge is -2.45. The minimum absolute atomic E-state index is 0.0174. The number of hydrogen-bond acceptors (Lipinski definition) is 7. The van der Waals surface area contributed by atoms with Crippen molar-refractivity contribution in [2.75, 3.05) is 38.2 Å². The number of aromatic nitrogens is 3. The summed E-state index contributed by atoms with van der Waals surface area (Å²) in [5.74, 6) is 0.709. The lowest BCUT2D eigenvalue weighted by Crippen LogP contribution is -2.57. The first-order valence-electron chi connectivity index (χ1n) is 11.5. The zero-order valence-electron chi connectivity index (χ0n) is 18.5. The van der Waals surface area contributed by atoms with Gasteiger partial charge in [0.25, 0.3) is 11.5 Å². The van der Waals surface area contributed by atoms with Crippen molar-refractivity contribution in [3.8, 4) is 5.88 Å². The molecule has 1 saturated carbocycles. The molecule has 1 amide bonds. The summed E-state index contributed by atoms with van der Waals surface area (Å²) in [6.45, 7) is 3.89. The predicted octanol–water partition coefficient (Wildman–Crippen LogP) is 1.64. The second-order valence-electron chi connectivity index (χ2n) is 9.10. The Balaban J connectivity index is 1.17. The van der Waals surface area contributed by atoms with Crippen LogP contribution in [0.3, 0.4) is 0 Å². The van der Waals surface area contributed by atoms with Gasteiger partial charge in [-0.25, -0.2) is 4.98 Å². The van der Waals surface area contributed by atoms with Gasteiger partial charge in [0, 0.05) is 45.0 Å². The third-order valence-corrected chi connectivity index (χ3v) is 6.79. The molecule has 3 aromatic rings. The number of carbonyl (C=O) groups excluding carboxylic acids is 1. The average molecular weight is 447 g/mol. The molecule has 6 rings (SSSR count). The SMILES string of the molecule is CNC(=O)c1ccc2c(n1)OC[C@@H]1CN(Cc3cnc4cc(C5CC5)c(=O)[nH]c4c3)CCN21. The van der Waals surface area contributed by atoms with Crippen molar-refractivity contribution in [1.29, 1.82) is 0 Å². The lowest BCUT2D eigenvalue weighted by molar-refractivity contribution is 0.0956. The molecular weight excluding hydrogens is 420 g/mol. The Labute approximate surface area is 190 Å². The molecule has 170 valence electrons. The number of carbonyl (C=O) groups is 1. The summed E-state index contributed by atoms with van der Waals surface area (Å²) in [5, 5.41) is 2.60. The standard InChI is InChI=1S/C24H26N6O3/c1-25-23(32)18-4-5-21-24(28-18)33-13-16-12-29(6-7-30(16)21)11-14-8-20-19(26-10-14)9-17(15-2-3-15)22(31)27-20/h4-5,8-10,15-16H,2-3,6-7,11-13H2,1H3,(H,25,32)(H,27,31)/t16-/m0/s1. The van der Waals surface area contributed by atoms with Crippen LogP contribution in [0.1, 0.15) is 40.4 Å². The maximum absolute atomic E-state index is 12.4. The number of piperazine rings is 1. The molecule has 2 fully saturated rings. The number of nitrogens with zero attached hydrogens (tertiary/aromatic N) is 4. The smallest absolute Gasteiger partial charge is 0.269 e. The summed E-state index contributed by atoms with van der Waals surface area (Å²) in [5.41, 5.74) is 4.92. The molecule has 9 heteroatoms. The van der Waals surface area contributed by atoms with Crippen LogP contribution in [0, 0.1) is 0 Å². The Hall–Kier alpha value is -3.46. The Morgan fingerprint density at radius 3 is 2.97 bits per heavy atom. The third kappa shape index (κ3) is 3.72. The van der Waals surface area contributed by atoms with E-state index in [1.54, 1.807) is 13.1 Å². The number of fused-ring (bicyclic) bond motifs is 4. The second kappa shape index (κ2) is 7.84. The highest BCUT2D eigenvalue weighted by Crippen LogP contribution is 2.38. The number of ether oxygens (including phenoxy) is 1. The quantitative estimate of drug-likeness (QED) is 0.628. The molecule has 3 aromatic heterocycles. The van der Waals surface area contributed by atoms with E-state index in [1.807, 2.05) is 24.4 Å². The molecule has 0 unspecified atom stereocenters. The lowest BCUT2D eigenvalue weighted by atomic mass is 10.1. The average Bonchev–Trinajstić information content (AvgIpc) is 3.68. The van der Waals surface area contributed by atoms with Gasteiger partial charge in [-0.3, -0.25) is 19.5 Å². The molecule has 0 spiro atoms. The molecule has 3 aliphatic rings. The number of nitrogens with one attached hydrogen (secondary N) is 2. The Kier molecular flexibility index (Phi) is 4.79. The van der Waals surface area contributed by atoms with Gasteiger partial charge in [-0.15, -0.1) is 0 Å². The van der Waals surface area contributed by atoms with E-state index in [1.165, 1.54) is 0 Å². The molecule has 0 radical (unpaired) electrons. The molecule has 1 atom stereocenters. The van der Waals surface area contributed by atoms with Crippen molar-refractivity contribution >= 4 is 22.6 Å². The highest BCUT2D eigenvalue weighted by Gasteiger charge is 2.34. The molecule has 33 heavy (non-hydrogen) atoms. The summed E-state index contributed by atoms with van der Waals surface area (Å²) in [4.78, 5) is 41.0. The summed E-state index contributed by atoms with van der Waals surface area (Å²) in [6, 6.07) is 7.88. The van der Waals surface area contributed by atoms with Gasteiger partial charge in [-0.2, -0.15) is 0 Å². The zero-order chi connectivity index (χ0) is 22.5. The maximum atomic E-state index is 12.4. The minimum Gasteiger partial charge on any atom is -0.474 e. The number of aromatic amines is 1. The van der Waals surface area contributed by atoms with Crippen molar-refractivity contribution in [3.63, 3.8) is 0 Å². The van der Waals surface area contributed by atoms with Crippen molar-refractivity contribution in [3.05, 3.63) is 57.6 Å². The Morgan fingerprint density at radius 1 is 1.27 bits per heavy atom. The molecule has 2 aliphatic heterocycles. The Morgan fingerprint density at radius 2 is 2.15 bits per heavy atom. The molecule has 2 N–H and O–H groups in total. The molecule has 0 aromatic carbocycles. The van der Waals surface area contributed by atoms with Crippen LogP contribution >= 0.6 is 0 Å². The summed E-state index contributed by atoms with van der Waals surface area (Å²) >= 11 is 0. The molecule has 1 saturated heterocycles. The van der Waals surface area contributed by atoms with E-state index in [9.17, 15) is 9.59 Å². The van der Waals surface area contributed by atoms with Gasteiger partial charge in [-0.1, -0.05) is 0 Å². The van der Waals surface area contributed by atoms with Crippen molar-refractivity contribution in [1.82, 2.24) is 25.2 Å². The van der Waals surface area contributed by atoms with E-state index in [0.717, 1.165) is 66.9 Å². The Bertz CT molecular complexity index is 1300. The number of rotatable bonds is 4. The van der Waals surface area contributed by atoms with E-state index in [2.05, 4.69) is 30.1 Å². The van der Waals surface area contributed by atoms with Crippen LogP contribution in [0.2, 0.25) is 0 Å². The van der Waals surface area contributed by atoms with E-state index in [4.69, 9.17) is 4.74 Å². The predicted molar refractivity (Wildman–Crippen MR) is 124 cm³/mol. The van der Waals surface area contributed by atoms with Crippen molar-refractivity contribution in [2.45, 2.75) is 31.3 Å². The fourth-order valence-electron chi connectivity index (χ4n) is 4.89. The van der Waals surface area contributed by atoms with E-state index < -0.39 is 0 Å². The van der Waals surface area contributed by atoms with E-state index in [-0.39, 0.29) is 17.5 Å². The van der Waals surface area contributed by atoms with Gasteiger partial charge in [-0.05, 0) is 48.6 Å². The summed E-state index contributed by atoms with van der Waals surface area (Å²) in [6.07, 6.45) is 4.11. The van der Waals surface area contributed by atoms with E-state index in [0.29, 0.717) is 24.1 Å². The largest absolute Gasteiger partial charge is 0.474 e.